The van der Waals surface area contributed by atoms with E-state index in [1.807, 2.05) is 6.92 Å². The Hall–Kier alpha value is -3.32. The number of phenols is 1. The number of aliphatic hydroxyl groups is 1. The molecule has 1 amide bonds. The Morgan fingerprint density at radius 2 is 1.75 bits per heavy atom. The number of likely N-dealkylation sites (tertiary alicyclic amines) is 1. The number of carbonyl (C=O) groups excluding carboxylic acids is 2. The predicted octanol–water partition coefficient (Wildman–Crippen LogP) is 2.06. The minimum atomic E-state index is -0.729. The van der Waals surface area contributed by atoms with Crippen LogP contribution in [-0.4, -0.2) is 60.1 Å². The van der Waals surface area contributed by atoms with Gasteiger partial charge in [-0.2, -0.15) is 0 Å². The second-order valence-electron chi connectivity index (χ2n) is 7.98. The molecule has 0 bridgehead atoms. The number of aliphatic hydroxyl groups excluding tert-OH is 1. The summed E-state index contributed by atoms with van der Waals surface area (Å²) in [5.74, 6) is -0.793. The number of rotatable bonds is 8. The van der Waals surface area contributed by atoms with Crippen molar-refractivity contribution < 1.29 is 29.4 Å². The van der Waals surface area contributed by atoms with Gasteiger partial charge >= 0.3 is 0 Å². The molecule has 32 heavy (non-hydrogen) atoms. The number of nitrogens with one attached hydrogen (secondary N) is 1. The standard InChI is InChI=1S/C25H30N2O5/c1-5-26(6-2)13-14-27-22(17-7-10-19(28)11-8-17)21(24(30)25(27)31)23(29)18-9-12-20(32-4)16(3)15-18/h7-12,15,22,28-29H,5-6,13-14H2,1-4H3/p+1. The number of carbonyl (C=O) groups is 2. The summed E-state index contributed by atoms with van der Waals surface area (Å²) in [4.78, 5) is 28.9. The number of phenolic OH excluding ortho intramolecular Hbond substituents is 1. The lowest BCUT2D eigenvalue weighted by Crippen LogP contribution is -3.12. The molecular formula is C25H31N2O5+. The lowest BCUT2D eigenvalue weighted by atomic mass is 9.94. The van der Waals surface area contributed by atoms with Gasteiger partial charge in [0.05, 0.1) is 44.9 Å². The zero-order chi connectivity index (χ0) is 23.4. The Morgan fingerprint density at radius 3 is 2.31 bits per heavy atom. The first-order valence-electron chi connectivity index (χ1n) is 10.9. The van der Waals surface area contributed by atoms with Gasteiger partial charge in [-0.1, -0.05) is 12.1 Å². The van der Waals surface area contributed by atoms with Crippen LogP contribution in [0.1, 0.15) is 36.6 Å². The Balaban J connectivity index is 2.10. The third-order valence-electron chi connectivity index (χ3n) is 6.12. The van der Waals surface area contributed by atoms with E-state index in [4.69, 9.17) is 4.74 Å². The van der Waals surface area contributed by atoms with Gasteiger partial charge in [0.15, 0.2) is 0 Å². The molecule has 7 heteroatoms. The molecule has 1 atom stereocenters. The van der Waals surface area contributed by atoms with Crippen LogP contribution in [0.15, 0.2) is 48.0 Å². The summed E-state index contributed by atoms with van der Waals surface area (Å²) >= 11 is 0. The minimum Gasteiger partial charge on any atom is -0.508 e. The average Bonchev–Trinajstić information content (AvgIpc) is 3.04. The van der Waals surface area contributed by atoms with E-state index in [-0.39, 0.29) is 17.1 Å². The Morgan fingerprint density at radius 1 is 1.09 bits per heavy atom. The molecule has 2 aromatic carbocycles. The fourth-order valence-corrected chi connectivity index (χ4v) is 4.18. The fourth-order valence-electron chi connectivity index (χ4n) is 4.18. The normalized spacial score (nSPS) is 17.9. The quantitative estimate of drug-likeness (QED) is 0.333. The zero-order valence-corrected chi connectivity index (χ0v) is 19.0. The van der Waals surface area contributed by atoms with Crippen LogP contribution in [0.2, 0.25) is 0 Å². The summed E-state index contributed by atoms with van der Waals surface area (Å²) in [6.45, 7) is 8.90. The van der Waals surface area contributed by atoms with E-state index in [1.54, 1.807) is 37.4 Å². The van der Waals surface area contributed by atoms with Crippen molar-refractivity contribution in [3.8, 4) is 11.5 Å². The molecule has 0 aliphatic carbocycles. The number of aryl methyl sites for hydroxylation is 1. The van der Waals surface area contributed by atoms with E-state index in [1.165, 1.54) is 21.9 Å². The molecule has 0 saturated carbocycles. The number of likely N-dealkylation sites (N-methyl/N-ethyl adjacent to an activating group) is 1. The smallest absolute Gasteiger partial charge is 0.295 e. The molecule has 7 nitrogen and oxygen atoms in total. The van der Waals surface area contributed by atoms with Crippen LogP contribution in [0, 0.1) is 6.92 Å². The Labute approximate surface area is 188 Å². The maximum absolute atomic E-state index is 13.1. The van der Waals surface area contributed by atoms with Gasteiger partial charge in [0, 0.05) is 5.56 Å². The van der Waals surface area contributed by atoms with Gasteiger partial charge in [0.2, 0.25) is 0 Å². The molecule has 1 unspecified atom stereocenters. The van der Waals surface area contributed by atoms with E-state index >= 15 is 0 Å². The van der Waals surface area contributed by atoms with Gasteiger partial charge in [-0.15, -0.1) is 0 Å². The molecule has 2 aromatic rings. The lowest BCUT2D eigenvalue weighted by Gasteiger charge is -2.27. The summed E-state index contributed by atoms with van der Waals surface area (Å²) in [6, 6.07) is 10.8. The van der Waals surface area contributed by atoms with Gasteiger partial charge in [-0.3, -0.25) is 9.59 Å². The topological polar surface area (TPSA) is 91.5 Å². The van der Waals surface area contributed by atoms with E-state index in [9.17, 15) is 19.8 Å². The Bertz CT molecular complexity index is 1030. The number of ketones is 1. The molecule has 1 heterocycles. The molecule has 170 valence electrons. The molecule has 3 N–H and O–H groups in total. The van der Waals surface area contributed by atoms with Crippen LogP contribution in [0.4, 0.5) is 0 Å². The maximum Gasteiger partial charge on any atom is 0.295 e. The van der Waals surface area contributed by atoms with Gasteiger partial charge in [0.1, 0.15) is 17.3 Å². The summed E-state index contributed by atoms with van der Waals surface area (Å²) in [5, 5.41) is 20.9. The third-order valence-corrected chi connectivity index (χ3v) is 6.12. The number of benzene rings is 2. The number of amides is 1. The minimum absolute atomic E-state index is 0.0554. The van der Waals surface area contributed by atoms with Crippen molar-refractivity contribution in [2.75, 3.05) is 33.3 Å². The summed E-state index contributed by atoms with van der Waals surface area (Å²) in [7, 11) is 1.57. The second-order valence-corrected chi connectivity index (χ2v) is 7.98. The van der Waals surface area contributed by atoms with E-state index in [0.717, 1.165) is 18.7 Å². The summed E-state index contributed by atoms with van der Waals surface area (Å²) in [6.07, 6.45) is 0. The van der Waals surface area contributed by atoms with Crippen LogP contribution in [0.5, 0.6) is 11.5 Å². The molecule has 3 rings (SSSR count). The summed E-state index contributed by atoms with van der Waals surface area (Å²) in [5.41, 5.74) is 1.96. The summed E-state index contributed by atoms with van der Waals surface area (Å²) < 4.78 is 5.28. The molecule has 0 radical (unpaired) electrons. The van der Waals surface area contributed by atoms with Crippen molar-refractivity contribution in [3.63, 3.8) is 0 Å². The van der Waals surface area contributed by atoms with Crippen LogP contribution < -0.4 is 9.64 Å². The second kappa shape index (κ2) is 9.87. The number of methoxy groups -OCH3 is 1. The van der Waals surface area contributed by atoms with Crippen molar-refractivity contribution in [2.45, 2.75) is 26.8 Å². The van der Waals surface area contributed by atoms with E-state index < -0.39 is 17.7 Å². The van der Waals surface area contributed by atoms with Crippen molar-refractivity contribution in [2.24, 2.45) is 0 Å². The third kappa shape index (κ3) is 4.48. The highest BCUT2D eigenvalue weighted by Crippen LogP contribution is 2.39. The van der Waals surface area contributed by atoms with E-state index in [2.05, 4.69) is 13.8 Å². The number of Topliss-reactive ketones (excluding diaryl/α,β-unsaturated/α-hetero) is 1. The molecule has 1 fully saturated rings. The first kappa shape index (κ1) is 23.3. The molecule has 1 aliphatic rings. The van der Waals surface area contributed by atoms with Gasteiger partial charge in [0.25, 0.3) is 11.7 Å². The number of aromatic hydroxyl groups is 1. The highest BCUT2D eigenvalue weighted by Gasteiger charge is 2.46. The van der Waals surface area contributed by atoms with Crippen LogP contribution in [0.25, 0.3) is 5.76 Å². The largest absolute Gasteiger partial charge is 0.508 e. The highest BCUT2D eigenvalue weighted by atomic mass is 16.5. The first-order valence-corrected chi connectivity index (χ1v) is 10.9. The van der Waals surface area contributed by atoms with Gasteiger partial charge in [-0.05, 0) is 62.2 Å². The van der Waals surface area contributed by atoms with Crippen LogP contribution in [0.3, 0.4) is 0 Å². The first-order chi connectivity index (χ1) is 15.3. The molecule has 1 saturated heterocycles. The van der Waals surface area contributed by atoms with E-state index in [0.29, 0.717) is 30.0 Å². The van der Waals surface area contributed by atoms with Crippen molar-refractivity contribution >= 4 is 17.4 Å². The van der Waals surface area contributed by atoms with Crippen molar-refractivity contribution in [1.82, 2.24) is 4.90 Å². The maximum atomic E-state index is 13.1. The molecule has 0 spiro atoms. The van der Waals surface area contributed by atoms with Gasteiger partial charge < -0.3 is 24.7 Å². The van der Waals surface area contributed by atoms with Crippen LogP contribution in [-0.2, 0) is 9.59 Å². The van der Waals surface area contributed by atoms with Gasteiger partial charge in [-0.25, -0.2) is 0 Å². The number of ether oxygens (including phenoxy) is 1. The van der Waals surface area contributed by atoms with Crippen LogP contribution >= 0.6 is 0 Å². The van der Waals surface area contributed by atoms with Crippen molar-refractivity contribution in [3.05, 3.63) is 64.7 Å². The number of nitrogens with zero attached hydrogens (tertiary/aromatic N) is 1. The average molecular weight is 440 g/mol. The fraction of sp³-hybridized carbons (Fsp3) is 0.360. The predicted molar refractivity (Wildman–Crippen MR) is 122 cm³/mol. The van der Waals surface area contributed by atoms with Crippen molar-refractivity contribution in [1.29, 1.82) is 0 Å². The number of hydrogen-bond acceptors (Lipinski definition) is 5. The zero-order valence-electron chi connectivity index (χ0n) is 19.0. The number of hydrogen-bond donors (Lipinski definition) is 3. The Kier molecular flexibility index (Phi) is 7.20. The molecular weight excluding hydrogens is 408 g/mol. The molecule has 0 aromatic heterocycles. The SMILES string of the molecule is CC[NH+](CC)CCN1C(=O)C(=O)C(=C(O)c2ccc(OC)c(C)c2)C1c1ccc(O)cc1. The monoisotopic (exact) mass is 439 g/mol. The molecule has 1 aliphatic heterocycles. The lowest BCUT2D eigenvalue weighted by molar-refractivity contribution is -0.895. The number of quaternary nitrogens is 1. The highest BCUT2D eigenvalue weighted by molar-refractivity contribution is 6.46.